The SMILES string of the molecule is Cc1nc(NC2CCOCC2)ccc1N. The molecule has 0 radical (unpaired) electrons. The Bertz CT molecular complexity index is 335. The molecule has 15 heavy (non-hydrogen) atoms. The molecule has 2 heterocycles. The highest BCUT2D eigenvalue weighted by Gasteiger charge is 2.13. The van der Waals surface area contributed by atoms with E-state index >= 15 is 0 Å². The highest BCUT2D eigenvalue weighted by Crippen LogP contribution is 2.16. The number of hydrogen-bond donors (Lipinski definition) is 2. The zero-order valence-electron chi connectivity index (χ0n) is 8.99. The number of aryl methyl sites for hydroxylation is 1. The van der Waals surface area contributed by atoms with E-state index in [1.165, 1.54) is 0 Å². The Morgan fingerprint density at radius 1 is 1.40 bits per heavy atom. The minimum atomic E-state index is 0.481. The molecule has 0 aromatic carbocycles. The Labute approximate surface area is 89.8 Å². The molecule has 1 aromatic heterocycles. The summed E-state index contributed by atoms with van der Waals surface area (Å²) in [5, 5.41) is 3.40. The van der Waals surface area contributed by atoms with Gasteiger partial charge in [0.15, 0.2) is 0 Å². The Kier molecular flexibility index (Phi) is 3.06. The van der Waals surface area contributed by atoms with Crippen molar-refractivity contribution in [1.82, 2.24) is 4.98 Å². The molecule has 3 N–H and O–H groups in total. The molecular weight excluding hydrogens is 190 g/mol. The van der Waals surface area contributed by atoms with E-state index in [-0.39, 0.29) is 0 Å². The molecular formula is C11H17N3O. The molecule has 1 aliphatic rings. The summed E-state index contributed by atoms with van der Waals surface area (Å²) < 4.78 is 5.30. The van der Waals surface area contributed by atoms with Gasteiger partial charge in [-0.05, 0) is 31.9 Å². The Morgan fingerprint density at radius 3 is 2.80 bits per heavy atom. The summed E-state index contributed by atoms with van der Waals surface area (Å²) in [5.74, 6) is 0.911. The lowest BCUT2D eigenvalue weighted by atomic mass is 10.1. The fourth-order valence-corrected chi connectivity index (χ4v) is 1.70. The third-order valence-electron chi connectivity index (χ3n) is 2.70. The Hall–Kier alpha value is -1.29. The van der Waals surface area contributed by atoms with Crippen molar-refractivity contribution in [3.05, 3.63) is 17.8 Å². The minimum absolute atomic E-state index is 0.481. The van der Waals surface area contributed by atoms with E-state index in [0.717, 1.165) is 43.3 Å². The van der Waals surface area contributed by atoms with Crippen molar-refractivity contribution in [2.45, 2.75) is 25.8 Å². The molecule has 0 bridgehead atoms. The lowest BCUT2D eigenvalue weighted by Crippen LogP contribution is -2.28. The molecule has 2 rings (SSSR count). The van der Waals surface area contributed by atoms with Crippen LogP contribution in [0, 0.1) is 6.92 Å². The number of anilines is 2. The molecule has 1 fully saturated rings. The summed E-state index contributed by atoms with van der Waals surface area (Å²) in [6, 6.07) is 4.30. The van der Waals surface area contributed by atoms with Crippen molar-refractivity contribution in [3.8, 4) is 0 Å². The van der Waals surface area contributed by atoms with Gasteiger partial charge in [0, 0.05) is 19.3 Å². The van der Waals surface area contributed by atoms with Crippen molar-refractivity contribution >= 4 is 11.5 Å². The third-order valence-corrected chi connectivity index (χ3v) is 2.70. The lowest BCUT2D eigenvalue weighted by molar-refractivity contribution is 0.0904. The second kappa shape index (κ2) is 4.49. The van der Waals surface area contributed by atoms with Crippen molar-refractivity contribution < 1.29 is 4.74 Å². The van der Waals surface area contributed by atoms with E-state index in [4.69, 9.17) is 10.5 Å². The van der Waals surface area contributed by atoms with E-state index in [1.54, 1.807) is 0 Å². The standard InChI is InChI=1S/C11H17N3O/c1-8-10(12)2-3-11(13-8)14-9-4-6-15-7-5-9/h2-3,9H,4-7,12H2,1H3,(H,13,14). The lowest BCUT2D eigenvalue weighted by Gasteiger charge is -2.23. The molecule has 0 unspecified atom stereocenters. The first-order valence-electron chi connectivity index (χ1n) is 5.33. The topological polar surface area (TPSA) is 60.2 Å². The zero-order chi connectivity index (χ0) is 10.7. The Morgan fingerprint density at radius 2 is 2.13 bits per heavy atom. The normalized spacial score (nSPS) is 17.7. The van der Waals surface area contributed by atoms with E-state index in [2.05, 4.69) is 10.3 Å². The number of pyridine rings is 1. The molecule has 4 nitrogen and oxygen atoms in total. The molecule has 0 atom stereocenters. The number of nitrogens with zero attached hydrogens (tertiary/aromatic N) is 1. The van der Waals surface area contributed by atoms with Crippen LogP contribution in [0.5, 0.6) is 0 Å². The highest BCUT2D eigenvalue weighted by atomic mass is 16.5. The summed E-state index contributed by atoms with van der Waals surface area (Å²) in [5.41, 5.74) is 7.34. The van der Waals surface area contributed by atoms with Gasteiger partial charge in [-0.25, -0.2) is 4.98 Å². The van der Waals surface area contributed by atoms with Gasteiger partial charge in [0.2, 0.25) is 0 Å². The first kappa shape index (κ1) is 10.2. The second-order valence-electron chi connectivity index (χ2n) is 3.90. The van der Waals surface area contributed by atoms with Crippen LogP contribution in [-0.4, -0.2) is 24.2 Å². The number of nitrogen functional groups attached to an aromatic ring is 1. The van der Waals surface area contributed by atoms with Crippen molar-refractivity contribution in [1.29, 1.82) is 0 Å². The van der Waals surface area contributed by atoms with Crippen LogP contribution in [0.3, 0.4) is 0 Å². The second-order valence-corrected chi connectivity index (χ2v) is 3.90. The maximum Gasteiger partial charge on any atom is 0.126 e. The number of nitrogens with two attached hydrogens (primary N) is 1. The molecule has 0 spiro atoms. The quantitative estimate of drug-likeness (QED) is 0.772. The summed E-state index contributed by atoms with van der Waals surface area (Å²) in [6.07, 6.45) is 2.09. The fraction of sp³-hybridized carbons (Fsp3) is 0.545. The summed E-state index contributed by atoms with van der Waals surface area (Å²) >= 11 is 0. The van der Waals surface area contributed by atoms with E-state index in [9.17, 15) is 0 Å². The number of ether oxygens (including phenoxy) is 1. The van der Waals surface area contributed by atoms with Gasteiger partial charge in [-0.15, -0.1) is 0 Å². The third kappa shape index (κ3) is 2.59. The number of hydrogen-bond acceptors (Lipinski definition) is 4. The summed E-state index contributed by atoms with van der Waals surface area (Å²) in [6.45, 7) is 3.60. The van der Waals surface area contributed by atoms with Gasteiger partial charge < -0.3 is 15.8 Å². The van der Waals surface area contributed by atoms with Gasteiger partial charge in [-0.1, -0.05) is 0 Å². The van der Waals surface area contributed by atoms with Gasteiger partial charge in [-0.2, -0.15) is 0 Å². The van der Waals surface area contributed by atoms with Crippen LogP contribution >= 0.6 is 0 Å². The van der Waals surface area contributed by atoms with Crippen molar-refractivity contribution in [2.24, 2.45) is 0 Å². The first-order chi connectivity index (χ1) is 7.25. The van der Waals surface area contributed by atoms with Crippen LogP contribution in [0.4, 0.5) is 11.5 Å². The average molecular weight is 207 g/mol. The van der Waals surface area contributed by atoms with Crippen LogP contribution in [0.15, 0.2) is 12.1 Å². The summed E-state index contributed by atoms with van der Waals surface area (Å²) in [4.78, 5) is 4.39. The van der Waals surface area contributed by atoms with Gasteiger partial charge in [-0.3, -0.25) is 0 Å². The largest absolute Gasteiger partial charge is 0.397 e. The first-order valence-corrected chi connectivity index (χ1v) is 5.33. The molecule has 0 saturated carbocycles. The minimum Gasteiger partial charge on any atom is -0.397 e. The van der Waals surface area contributed by atoms with Crippen LogP contribution < -0.4 is 11.1 Å². The fourth-order valence-electron chi connectivity index (χ4n) is 1.70. The Balaban J connectivity index is 2.00. The van der Waals surface area contributed by atoms with E-state index < -0.39 is 0 Å². The molecule has 82 valence electrons. The number of rotatable bonds is 2. The van der Waals surface area contributed by atoms with E-state index in [0.29, 0.717) is 6.04 Å². The zero-order valence-corrected chi connectivity index (χ0v) is 8.99. The highest BCUT2D eigenvalue weighted by molar-refractivity contribution is 5.49. The molecule has 1 aromatic rings. The summed E-state index contributed by atoms with van der Waals surface area (Å²) in [7, 11) is 0. The maximum absolute atomic E-state index is 5.71. The predicted molar refractivity (Wildman–Crippen MR) is 60.9 cm³/mol. The molecule has 0 aliphatic carbocycles. The molecule has 0 amide bonds. The van der Waals surface area contributed by atoms with Gasteiger partial charge in [0.1, 0.15) is 5.82 Å². The molecule has 1 saturated heterocycles. The smallest absolute Gasteiger partial charge is 0.126 e. The van der Waals surface area contributed by atoms with Crippen molar-refractivity contribution in [2.75, 3.05) is 24.3 Å². The average Bonchev–Trinajstić information content (AvgIpc) is 2.25. The maximum atomic E-state index is 5.71. The monoisotopic (exact) mass is 207 g/mol. The van der Waals surface area contributed by atoms with Crippen LogP contribution in [0.25, 0.3) is 0 Å². The van der Waals surface area contributed by atoms with Crippen molar-refractivity contribution in [3.63, 3.8) is 0 Å². The number of nitrogens with one attached hydrogen (secondary N) is 1. The van der Waals surface area contributed by atoms with Gasteiger partial charge in [0.25, 0.3) is 0 Å². The molecule has 1 aliphatic heterocycles. The van der Waals surface area contributed by atoms with Crippen LogP contribution in [0.2, 0.25) is 0 Å². The van der Waals surface area contributed by atoms with Gasteiger partial charge in [0.05, 0.1) is 11.4 Å². The van der Waals surface area contributed by atoms with Gasteiger partial charge >= 0.3 is 0 Å². The van der Waals surface area contributed by atoms with Crippen LogP contribution in [-0.2, 0) is 4.74 Å². The van der Waals surface area contributed by atoms with Crippen LogP contribution in [0.1, 0.15) is 18.5 Å². The van der Waals surface area contributed by atoms with E-state index in [1.807, 2.05) is 19.1 Å². The number of aromatic nitrogens is 1. The molecule has 4 heteroatoms. The predicted octanol–water partition coefficient (Wildman–Crippen LogP) is 1.56.